The molecule has 5 heteroatoms. The predicted molar refractivity (Wildman–Crippen MR) is 84.5 cm³/mol. The SMILES string of the molecule is C[C@H]1CCCCN1C(=O)c1cc2cc(Br)ccc2oc1=O. The first kappa shape index (κ1) is 14.3. The molecule has 1 aromatic carbocycles. The van der Waals surface area contributed by atoms with Gasteiger partial charge in [0.1, 0.15) is 11.1 Å². The first-order valence-electron chi connectivity index (χ1n) is 7.10. The number of piperidine rings is 1. The summed E-state index contributed by atoms with van der Waals surface area (Å²) in [6, 6.07) is 7.17. The lowest BCUT2D eigenvalue weighted by atomic mass is 10.0. The molecule has 21 heavy (non-hydrogen) atoms. The number of hydrogen-bond acceptors (Lipinski definition) is 3. The number of carbonyl (C=O) groups is 1. The van der Waals surface area contributed by atoms with E-state index >= 15 is 0 Å². The van der Waals surface area contributed by atoms with Gasteiger partial charge < -0.3 is 9.32 Å². The molecular weight excluding hydrogens is 334 g/mol. The van der Waals surface area contributed by atoms with Crippen molar-refractivity contribution in [2.75, 3.05) is 6.54 Å². The molecule has 0 N–H and O–H groups in total. The molecule has 0 aliphatic carbocycles. The third-order valence-electron chi connectivity index (χ3n) is 3.99. The second kappa shape index (κ2) is 5.64. The van der Waals surface area contributed by atoms with E-state index in [0.29, 0.717) is 12.1 Å². The molecule has 0 unspecified atom stereocenters. The molecule has 1 fully saturated rings. The van der Waals surface area contributed by atoms with Crippen molar-refractivity contribution in [1.29, 1.82) is 0 Å². The molecule has 0 saturated carbocycles. The van der Waals surface area contributed by atoms with E-state index in [4.69, 9.17) is 4.42 Å². The molecule has 1 aliphatic rings. The van der Waals surface area contributed by atoms with Gasteiger partial charge in [-0.05, 0) is 50.5 Å². The number of hydrogen-bond donors (Lipinski definition) is 0. The Balaban J connectivity index is 2.04. The first-order valence-corrected chi connectivity index (χ1v) is 7.90. The Morgan fingerprint density at radius 1 is 1.33 bits per heavy atom. The number of rotatable bonds is 1. The van der Waals surface area contributed by atoms with Crippen LogP contribution in [0.5, 0.6) is 0 Å². The summed E-state index contributed by atoms with van der Waals surface area (Å²) in [6.07, 6.45) is 3.10. The summed E-state index contributed by atoms with van der Waals surface area (Å²) < 4.78 is 6.15. The van der Waals surface area contributed by atoms with E-state index in [2.05, 4.69) is 15.9 Å². The van der Waals surface area contributed by atoms with E-state index in [9.17, 15) is 9.59 Å². The minimum Gasteiger partial charge on any atom is -0.422 e. The average molecular weight is 350 g/mol. The quantitative estimate of drug-likeness (QED) is 0.739. The molecule has 2 heterocycles. The lowest BCUT2D eigenvalue weighted by Crippen LogP contribution is -2.43. The molecule has 1 amide bonds. The van der Waals surface area contributed by atoms with Crippen LogP contribution in [0.1, 0.15) is 36.5 Å². The Morgan fingerprint density at radius 3 is 2.90 bits per heavy atom. The van der Waals surface area contributed by atoms with Crippen LogP contribution in [0.4, 0.5) is 0 Å². The Hall–Kier alpha value is -1.62. The maximum Gasteiger partial charge on any atom is 0.349 e. The van der Waals surface area contributed by atoms with Gasteiger partial charge in [-0.25, -0.2) is 4.79 Å². The molecule has 4 nitrogen and oxygen atoms in total. The summed E-state index contributed by atoms with van der Waals surface area (Å²) in [7, 11) is 0. The monoisotopic (exact) mass is 349 g/mol. The highest BCUT2D eigenvalue weighted by Crippen LogP contribution is 2.22. The van der Waals surface area contributed by atoms with Crippen LogP contribution in [0.25, 0.3) is 11.0 Å². The maximum absolute atomic E-state index is 12.6. The van der Waals surface area contributed by atoms with Crippen molar-refractivity contribution >= 4 is 32.8 Å². The molecule has 110 valence electrons. The fourth-order valence-corrected chi connectivity index (χ4v) is 3.18. The van der Waals surface area contributed by atoms with Crippen molar-refractivity contribution < 1.29 is 9.21 Å². The molecule has 1 aromatic heterocycles. The second-order valence-electron chi connectivity index (χ2n) is 5.47. The summed E-state index contributed by atoms with van der Waals surface area (Å²) >= 11 is 3.38. The zero-order valence-corrected chi connectivity index (χ0v) is 13.4. The molecule has 0 spiro atoms. The molecule has 0 bridgehead atoms. The van der Waals surface area contributed by atoms with Gasteiger partial charge in [0, 0.05) is 22.4 Å². The number of halogens is 1. The Morgan fingerprint density at radius 2 is 2.14 bits per heavy atom. The smallest absolute Gasteiger partial charge is 0.349 e. The lowest BCUT2D eigenvalue weighted by Gasteiger charge is -2.33. The van der Waals surface area contributed by atoms with Crippen LogP contribution in [-0.2, 0) is 0 Å². The maximum atomic E-state index is 12.6. The zero-order chi connectivity index (χ0) is 15.0. The summed E-state index contributed by atoms with van der Waals surface area (Å²) in [4.78, 5) is 26.5. The minimum atomic E-state index is -0.562. The van der Waals surface area contributed by atoms with Gasteiger partial charge in [-0.2, -0.15) is 0 Å². The number of fused-ring (bicyclic) bond motifs is 1. The van der Waals surface area contributed by atoms with Crippen molar-refractivity contribution in [2.45, 2.75) is 32.2 Å². The van der Waals surface area contributed by atoms with Crippen LogP contribution in [0.2, 0.25) is 0 Å². The van der Waals surface area contributed by atoms with Crippen molar-refractivity contribution in [3.05, 3.63) is 44.7 Å². The van der Waals surface area contributed by atoms with Gasteiger partial charge in [0.2, 0.25) is 0 Å². The molecule has 2 aromatic rings. The molecule has 1 saturated heterocycles. The van der Waals surface area contributed by atoms with E-state index in [1.807, 2.05) is 13.0 Å². The van der Waals surface area contributed by atoms with E-state index in [1.165, 1.54) is 0 Å². The minimum absolute atomic E-state index is 0.120. The van der Waals surface area contributed by atoms with Crippen LogP contribution >= 0.6 is 15.9 Å². The Labute approximate surface area is 130 Å². The number of benzene rings is 1. The lowest BCUT2D eigenvalue weighted by molar-refractivity contribution is 0.0631. The van der Waals surface area contributed by atoms with Gasteiger partial charge in [0.05, 0.1) is 0 Å². The van der Waals surface area contributed by atoms with Crippen LogP contribution in [0.15, 0.2) is 37.9 Å². The number of carbonyl (C=O) groups excluding carboxylic acids is 1. The number of nitrogens with zero attached hydrogens (tertiary/aromatic N) is 1. The molecule has 0 radical (unpaired) electrons. The number of likely N-dealkylation sites (tertiary alicyclic amines) is 1. The van der Waals surface area contributed by atoms with E-state index < -0.39 is 5.63 Å². The van der Waals surface area contributed by atoms with Crippen LogP contribution in [0, 0.1) is 0 Å². The van der Waals surface area contributed by atoms with Crippen LogP contribution in [0.3, 0.4) is 0 Å². The predicted octanol–water partition coefficient (Wildman–Crippen LogP) is 3.57. The van der Waals surface area contributed by atoms with Crippen molar-refractivity contribution in [3.8, 4) is 0 Å². The van der Waals surface area contributed by atoms with Gasteiger partial charge in [-0.1, -0.05) is 15.9 Å². The highest BCUT2D eigenvalue weighted by molar-refractivity contribution is 9.10. The van der Waals surface area contributed by atoms with E-state index in [1.54, 1.807) is 23.1 Å². The topological polar surface area (TPSA) is 50.5 Å². The standard InChI is InChI=1S/C16H16BrNO3/c1-10-4-2-3-7-18(10)15(19)13-9-11-8-12(17)5-6-14(11)21-16(13)20/h5-6,8-10H,2-4,7H2,1H3/t10-/m0/s1. The van der Waals surface area contributed by atoms with E-state index in [-0.39, 0.29) is 17.5 Å². The van der Waals surface area contributed by atoms with Gasteiger partial charge in [-0.15, -0.1) is 0 Å². The van der Waals surface area contributed by atoms with Crippen molar-refractivity contribution in [2.24, 2.45) is 0 Å². The summed E-state index contributed by atoms with van der Waals surface area (Å²) in [5.41, 5.74) is 0.0494. The summed E-state index contributed by atoms with van der Waals surface area (Å²) in [5.74, 6) is -0.224. The highest BCUT2D eigenvalue weighted by atomic mass is 79.9. The fourth-order valence-electron chi connectivity index (χ4n) is 2.80. The molecule has 1 atom stereocenters. The number of amides is 1. The highest BCUT2D eigenvalue weighted by Gasteiger charge is 2.26. The third kappa shape index (κ3) is 2.75. The summed E-state index contributed by atoms with van der Waals surface area (Å²) in [6.45, 7) is 2.73. The van der Waals surface area contributed by atoms with Gasteiger partial charge >= 0.3 is 5.63 Å². The Kier molecular flexibility index (Phi) is 3.85. The first-order chi connectivity index (χ1) is 10.1. The van der Waals surface area contributed by atoms with E-state index in [0.717, 1.165) is 29.1 Å². The molecule has 1 aliphatic heterocycles. The van der Waals surface area contributed by atoms with Crippen molar-refractivity contribution in [3.63, 3.8) is 0 Å². The third-order valence-corrected chi connectivity index (χ3v) is 4.48. The largest absolute Gasteiger partial charge is 0.422 e. The Bertz CT molecular complexity index is 753. The zero-order valence-electron chi connectivity index (χ0n) is 11.8. The van der Waals surface area contributed by atoms with Gasteiger partial charge in [-0.3, -0.25) is 4.79 Å². The van der Waals surface area contributed by atoms with Crippen LogP contribution in [-0.4, -0.2) is 23.4 Å². The molecule has 3 rings (SSSR count). The van der Waals surface area contributed by atoms with Crippen LogP contribution < -0.4 is 5.63 Å². The van der Waals surface area contributed by atoms with Crippen molar-refractivity contribution in [1.82, 2.24) is 4.90 Å². The molecular formula is C16H16BrNO3. The fraction of sp³-hybridized carbons (Fsp3) is 0.375. The van der Waals surface area contributed by atoms with Gasteiger partial charge in [0.15, 0.2) is 0 Å². The normalized spacial score (nSPS) is 19.0. The summed E-state index contributed by atoms with van der Waals surface area (Å²) in [5, 5.41) is 0.747. The second-order valence-corrected chi connectivity index (χ2v) is 6.39. The van der Waals surface area contributed by atoms with Gasteiger partial charge in [0.25, 0.3) is 5.91 Å². The average Bonchev–Trinajstić information content (AvgIpc) is 2.47.